The number of hydrogen-bond donors (Lipinski definition) is 0. The van der Waals surface area contributed by atoms with E-state index in [2.05, 4.69) is 80.7 Å². The van der Waals surface area contributed by atoms with E-state index in [-0.39, 0.29) is 12.3 Å². The first-order valence-electron chi connectivity index (χ1n) is 17.1. The molecule has 0 spiro atoms. The molecule has 3 aromatic carbocycles. The van der Waals surface area contributed by atoms with Crippen LogP contribution in [0.4, 0.5) is 0 Å². The number of hydrogen-bond acceptors (Lipinski definition) is 10. The molecule has 10 nitrogen and oxygen atoms in total. The third kappa shape index (κ3) is 7.38. The van der Waals surface area contributed by atoms with E-state index in [0.29, 0.717) is 0 Å². The van der Waals surface area contributed by atoms with Gasteiger partial charge in [-0.15, -0.1) is 0 Å². The predicted molar refractivity (Wildman–Crippen MR) is 202 cm³/mol. The highest BCUT2D eigenvalue weighted by Gasteiger charge is 2.54. The van der Waals surface area contributed by atoms with Crippen LogP contribution in [0.2, 0.25) is 39.3 Å². The SMILES string of the molecule is CO[C@H]1O[C@@H]2COC(c3ccccc3)O[C@H]2[C@H](OC(=O)c2ccccn2)[C@H]1Op1oc2c([Si](C)(C)C)cccc2c2cccc([Si](C)(C)C)c2o1. The predicted octanol–water partition coefficient (Wildman–Crippen LogP) is 7.28. The Morgan fingerprint density at radius 3 is 1.96 bits per heavy atom. The third-order valence-corrected chi connectivity index (χ3v) is 14.3. The van der Waals surface area contributed by atoms with E-state index in [0.717, 1.165) is 37.9 Å². The van der Waals surface area contributed by atoms with E-state index >= 15 is 0 Å². The second-order valence-corrected chi connectivity index (χ2v) is 26.0. The van der Waals surface area contributed by atoms with Crippen LogP contribution in [0, 0.1) is 0 Å². The molecule has 0 amide bonds. The summed E-state index contributed by atoms with van der Waals surface area (Å²) in [7, 11) is -4.47. The Labute approximate surface area is 300 Å². The summed E-state index contributed by atoms with van der Waals surface area (Å²) in [4.78, 5) is 17.9. The highest BCUT2D eigenvalue weighted by Crippen LogP contribution is 2.41. The molecule has 0 bridgehead atoms. The highest BCUT2D eigenvalue weighted by molar-refractivity contribution is 7.32. The van der Waals surface area contributed by atoms with E-state index < -0.39 is 67.4 Å². The van der Waals surface area contributed by atoms with Crippen molar-refractivity contribution in [3.8, 4) is 0 Å². The van der Waals surface area contributed by atoms with Gasteiger partial charge in [0.15, 0.2) is 24.8 Å². The molecule has 6 atom stereocenters. The van der Waals surface area contributed by atoms with Crippen LogP contribution in [-0.2, 0) is 23.7 Å². The van der Waals surface area contributed by atoms with Gasteiger partial charge in [0.25, 0.3) is 0 Å². The van der Waals surface area contributed by atoms with Gasteiger partial charge in [0.1, 0.15) is 29.1 Å². The standard InChI is InChI=1S/C38H44NO9PSi2/c1-41-38-35(34(44-36(40)27-19-11-12-22-39-27)33-28(43-38)23-42-37(45-33)24-15-9-8-10-16-24)48-49-46-31-25(17-13-20-29(31)50(2,3)4)26-18-14-21-30(32(26)47-49)51(5,6)7/h8-22,28,33-35,37-38H,23H2,1-7H3/t28-,33-,34+,35-,37?,38+/m1/s1. The summed E-state index contributed by atoms with van der Waals surface area (Å²) < 4.78 is 51.9. The van der Waals surface area contributed by atoms with Gasteiger partial charge in [0, 0.05) is 29.6 Å². The molecule has 268 valence electrons. The molecule has 2 aromatic heterocycles. The first-order valence-corrected chi connectivity index (χ1v) is 25.2. The summed E-state index contributed by atoms with van der Waals surface area (Å²) in [6.45, 7) is 13.9. The Morgan fingerprint density at radius 1 is 0.765 bits per heavy atom. The van der Waals surface area contributed by atoms with Crippen LogP contribution in [0.3, 0.4) is 0 Å². The Kier molecular flexibility index (Phi) is 10.1. The number of carbonyl (C=O) groups is 1. The van der Waals surface area contributed by atoms with Gasteiger partial charge in [-0.2, -0.15) is 0 Å². The Hall–Kier alpha value is -3.59. The summed E-state index contributed by atoms with van der Waals surface area (Å²) in [5, 5.41) is 4.20. The van der Waals surface area contributed by atoms with E-state index in [4.69, 9.17) is 36.6 Å². The largest absolute Gasteiger partial charge is 0.452 e. The van der Waals surface area contributed by atoms with Crippen molar-refractivity contribution in [2.45, 2.75) is 76.3 Å². The van der Waals surface area contributed by atoms with E-state index in [1.54, 1.807) is 24.4 Å². The number of pyridine rings is 1. The second-order valence-electron chi connectivity index (χ2n) is 14.9. The van der Waals surface area contributed by atoms with Crippen LogP contribution in [0.1, 0.15) is 22.3 Å². The van der Waals surface area contributed by atoms with Gasteiger partial charge in [0.05, 0.1) is 22.8 Å². The Balaban J connectivity index is 1.39. The number of benzene rings is 3. The zero-order chi connectivity index (χ0) is 35.9. The van der Waals surface area contributed by atoms with E-state index in [9.17, 15) is 4.79 Å². The van der Waals surface area contributed by atoms with Crippen molar-refractivity contribution in [2.24, 2.45) is 0 Å². The summed E-state index contributed by atoms with van der Waals surface area (Å²) in [6, 6.07) is 27.3. The number of carbonyl (C=O) groups excluding carboxylic acids is 1. The molecule has 0 N–H and O–H groups in total. The normalized spacial score (nSPS) is 23.9. The minimum atomic E-state index is -2.15. The fourth-order valence-corrected chi connectivity index (χ4v) is 10.9. The van der Waals surface area contributed by atoms with Gasteiger partial charge in [-0.05, 0) is 22.5 Å². The monoisotopic (exact) mass is 745 g/mol. The van der Waals surface area contributed by atoms with Crippen LogP contribution in [-0.4, -0.2) is 71.5 Å². The van der Waals surface area contributed by atoms with Crippen molar-refractivity contribution >= 4 is 62.7 Å². The molecule has 2 aliphatic rings. The molecule has 2 aliphatic heterocycles. The number of fused-ring (bicyclic) bond motifs is 4. The smallest absolute Gasteiger partial charge is 0.387 e. The quantitative estimate of drug-likeness (QED) is 0.119. The summed E-state index contributed by atoms with van der Waals surface area (Å²) in [5.74, 6) is -0.635. The number of ether oxygens (including phenoxy) is 5. The lowest BCUT2D eigenvalue weighted by atomic mass is 9.97. The third-order valence-electron chi connectivity index (χ3n) is 9.18. The number of rotatable bonds is 8. The van der Waals surface area contributed by atoms with Crippen LogP contribution in [0.25, 0.3) is 21.9 Å². The highest BCUT2D eigenvalue weighted by atomic mass is 31.1. The molecule has 4 heterocycles. The van der Waals surface area contributed by atoms with Crippen molar-refractivity contribution < 1.29 is 41.4 Å². The molecule has 51 heavy (non-hydrogen) atoms. The number of nitrogens with zero attached hydrogens (tertiary/aromatic N) is 1. The fraction of sp³-hybridized carbons (Fsp3) is 0.368. The lowest BCUT2D eigenvalue weighted by molar-refractivity contribution is -0.351. The summed E-state index contributed by atoms with van der Waals surface area (Å²) in [5.41, 5.74) is 2.45. The lowest BCUT2D eigenvalue weighted by Gasteiger charge is -2.47. The van der Waals surface area contributed by atoms with Gasteiger partial charge in [-0.25, -0.2) is 9.78 Å². The number of esters is 1. The van der Waals surface area contributed by atoms with Crippen molar-refractivity contribution in [1.29, 1.82) is 0 Å². The lowest BCUT2D eigenvalue weighted by Crippen LogP contribution is -2.64. The number of aromatic nitrogens is 1. The summed E-state index contributed by atoms with van der Waals surface area (Å²) in [6.07, 6.45) is -3.61. The average molecular weight is 746 g/mol. The van der Waals surface area contributed by atoms with Crippen molar-refractivity contribution in [1.82, 2.24) is 4.98 Å². The molecule has 0 aliphatic carbocycles. The van der Waals surface area contributed by atoms with Gasteiger partial charge >= 0.3 is 14.2 Å². The maximum atomic E-state index is 13.7. The molecular weight excluding hydrogens is 702 g/mol. The molecule has 13 heteroatoms. The van der Waals surface area contributed by atoms with Crippen molar-refractivity contribution in [2.75, 3.05) is 13.7 Å². The molecule has 5 aromatic rings. The molecule has 0 radical (unpaired) electrons. The van der Waals surface area contributed by atoms with E-state index in [1.807, 2.05) is 30.3 Å². The average Bonchev–Trinajstić information content (AvgIpc) is 3.28. The van der Waals surface area contributed by atoms with Gasteiger partial charge in [0.2, 0.25) is 0 Å². The first kappa shape index (κ1) is 35.8. The zero-order valence-corrected chi connectivity index (χ0v) is 32.8. The second kappa shape index (κ2) is 14.4. The Bertz CT molecular complexity index is 1970. The molecule has 1 unspecified atom stereocenters. The van der Waals surface area contributed by atoms with Crippen LogP contribution < -0.4 is 14.9 Å². The molecule has 2 fully saturated rings. The number of para-hydroxylation sites is 2. The molecule has 2 saturated heterocycles. The minimum Gasteiger partial charge on any atom is -0.452 e. The van der Waals surface area contributed by atoms with E-state index in [1.165, 1.54) is 7.11 Å². The maximum Gasteiger partial charge on any atom is 0.387 e. The topological polar surface area (TPSA) is 112 Å². The molecular formula is C38H44NO9PSi2. The minimum absolute atomic E-state index is 0.148. The Morgan fingerprint density at radius 2 is 1.39 bits per heavy atom. The molecule has 7 rings (SSSR count). The zero-order valence-electron chi connectivity index (χ0n) is 29.9. The summed E-state index contributed by atoms with van der Waals surface area (Å²) >= 11 is 0. The van der Waals surface area contributed by atoms with Crippen molar-refractivity contribution in [3.63, 3.8) is 0 Å². The van der Waals surface area contributed by atoms with Gasteiger partial charge in [-0.1, -0.05) is 112 Å². The maximum absolute atomic E-state index is 13.7. The number of methoxy groups -OCH3 is 1. The van der Waals surface area contributed by atoms with Crippen LogP contribution >= 0.6 is 8.24 Å². The fourth-order valence-electron chi connectivity index (χ4n) is 6.62. The van der Waals surface area contributed by atoms with Gasteiger partial charge < -0.3 is 32.1 Å². The van der Waals surface area contributed by atoms with Gasteiger partial charge in [-0.3, -0.25) is 4.52 Å². The van der Waals surface area contributed by atoms with Crippen LogP contribution in [0.5, 0.6) is 0 Å². The molecule has 0 saturated carbocycles. The van der Waals surface area contributed by atoms with Crippen LogP contribution in [0.15, 0.2) is 99.5 Å². The van der Waals surface area contributed by atoms with Crippen molar-refractivity contribution in [3.05, 3.63) is 102 Å². The first-order chi connectivity index (χ1) is 24.4.